The van der Waals surface area contributed by atoms with E-state index in [1.165, 1.54) is 43.2 Å². The summed E-state index contributed by atoms with van der Waals surface area (Å²) in [6.07, 6.45) is 7.76. The van der Waals surface area contributed by atoms with Crippen molar-refractivity contribution < 1.29 is 5.11 Å². The van der Waals surface area contributed by atoms with Crippen molar-refractivity contribution in [1.29, 1.82) is 0 Å². The zero-order valence-corrected chi connectivity index (χ0v) is 13.9. The number of aromatic hydroxyl groups is 1. The van der Waals surface area contributed by atoms with E-state index in [0.29, 0.717) is 29.0 Å². The molecule has 4 rings (SSSR count). The summed E-state index contributed by atoms with van der Waals surface area (Å²) in [5.74, 6) is 3.54. The van der Waals surface area contributed by atoms with Crippen LogP contribution in [0.2, 0.25) is 0 Å². The van der Waals surface area contributed by atoms with Crippen LogP contribution in [-0.2, 0) is 6.42 Å². The molecule has 6 atom stereocenters. The Morgan fingerprint density at radius 2 is 2.05 bits per heavy atom. The van der Waals surface area contributed by atoms with Gasteiger partial charge in [-0.2, -0.15) is 0 Å². The minimum Gasteiger partial charge on any atom is -0.508 e. The average Bonchev–Trinajstić information content (AvgIpc) is 2.84. The summed E-state index contributed by atoms with van der Waals surface area (Å²) in [5.41, 5.74) is 9.71. The van der Waals surface area contributed by atoms with Crippen LogP contribution in [0.3, 0.4) is 0 Å². The van der Waals surface area contributed by atoms with Crippen LogP contribution < -0.4 is 5.73 Å². The van der Waals surface area contributed by atoms with Crippen LogP contribution >= 0.6 is 0 Å². The maximum Gasteiger partial charge on any atom is 0.115 e. The molecule has 1 aromatic rings. The second-order valence-electron chi connectivity index (χ2n) is 8.39. The monoisotopic (exact) mass is 299 g/mol. The average molecular weight is 299 g/mol. The normalized spacial score (nSPS) is 41.4. The van der Waals surface area contributed by atoms with E-state index >= 15 is 0 Å². The van der Waals surface area contributed by atoms with Crippen LogP contribution in [0, 0.1) is 23.2 Å². The molecule has 22 heavy (non-hydrogen) atoms. The molecule has 120 valence electrons. The number of phenolic OH excluding ortho intramolecular Hbond substituents is 1. The number of rotatable bonds is 1. The Kier molecular flexibility index (Phi) is 3.30. The molecule has 0 unspecified atom stereocenters. The van der Waals surface area contributed by atoms with Crippen LogP contribution in [0.15, 0.2) is 18.2 Å². The van der Waals surface area contributed by atoms with E-state index in [0.717, 1.165) is 18.3 Å². The standard InChI is InChI=1S/C20H29NO/c1-12(21)18-7-8-19-17-5-3-13-11-14(22)4-6-15(13)16(17)9-10-20(18,19)2/h4,6,11-12,16-19,22H,3,5,7-10,21H2,1-2H3/t12-,16-,17-,18+,19-,20+/m0/s1. The second-order valence-corrected chi connectivity index (χ2v) is 8.39. The van der Waals surface area contributed by atoms with Crippen molar-refractivity contribution in [2.75, 3.05) is 0 Å². The molecule has 0 heterocycles. The SMILES string of the molecule is C[C@H](N)[C@H]1CC[C@H]2[C@H]3CCc4cc(O)ccc4[C@@H]3CC[C@]12C. The van der Waals surface area contributed by atoms with Crippen molar-refractivity contribution in [3.8, 4) is 5.75 Å². The Balaban J connectivity index is 1.67. The zero-order chi connectivity index (χ0) is 15.5. The summed E-state index contributed by atoms with van der Waals surface area (Å²) in [5, 5.41) is 9.76. The fourth-order valence-corrected chi connectivity index (χ4v) is 6.47. The van der Waals surface area contributed by atoms with Gasteiger partial charge in [0.25, 0.3) is 0 Å². The van der Waals surface area contributed by atoms with Gasteiger partial charge in [-0.25, -0.2) is 0 Å². The van der Waals surface area contributed by atoms with E-state index in [4.69, 9.17) is 5.73 Å². The Morgan fingerprint density at radius 3 is 2.82 bits per heavy atom. The predicted octanol–water partition coefficient (Wildman–Crippen LogP) is 4.21. The first-order chi connectivity index (χ1) is 10.5. The first kappa shape index (κ1) is 14.6. The van der Waals surface area contributed by atoms with Gasteiger partial charge in [0.1, 0.15) is 5.75 Å². The molecule has 3 aliphatic carbocycles. The lowest BCUT2D eigenvalue weighted by molar-refractivity contribution is 0.0224. The van der Waals surface area contributed by atoms with Gasteiger partial charge in [-0.3, -0.25) is 0 Å². The summed E-state index contributed by atoms with van der Waals surface area (Å²) < 4.78 is 0. The third-order valence-electron chi connectivity index (χ3n) is 7.42. The lowest BCUT2D eigenvalue weighted by Gasteiger charge is -2.51. The van der Waals surface area contributed by atoms with E-state index in [1.54, 1.807) is 0 Å². The fraction of sp³-hybridized carbons (Fsp3) is 0.700. The molecular formula is C20H29NO. The minimum absolute atomic E-state index is 0.333. The molecule has 0 bridgehead atoms. The Bertz CT molecular complexity index is 581. The van der Waals surface area contributed by atoms with Crippen LogP contribution in [0.1, 0.15) is 63.0 Å². The molecule has 0 aromatic heterocycles. The molecule has 0 saturated heterocycles. The number of hydrogen-bond donors (Lipinski definition) is 2. The molecule has 3 N–H and O–H groups in total. The van der Waals surface area contributed by atoms with E-state index in [-0.39, 0.29) is 0 Å². The first-order valence-corrected chi connectivity index (χ1v) is 9.08. The lowest BCUT2D eigenvalue weighted by atomic mass is 9.53. The highest BCUT2D eigenvalue weighted by atomic mass is 16.3. The maximum absolute atomic E-state index is 9.76. The van der Waals surface area contributed by atoms with Gasteiger partial charge < -0.3 is 10.8 Å². The molecule has 0 amide bonds. The Morgan fingerprint density at radius 1 is 1.23 bits per heavy atom. The van der Waals surface area contributed by atoms with Gasteiger partial charge in [-0.1, -0.05) is 13.0 Å². The molecule has 0 aliphatic heterocycles. The highest BCUT2D eigenvalue weighted by molar-refractivity contribution is 5.40. The summed E-state index contributed by atoms with van der Waals surface area (Å²) in [7, 11) is 0. The van der Waals surface area contributed by atoms with E-state index < -0.39 is 0 Å². The zero-order valence-electron chi connectivity index (χ0n) is 13.9. The smallest absolute Gasteiger partial charge is 0.115 e. The van der Waals surface area contributed by atoms with Crippen molar-refractivity contribution in [3.63, 3.8) is 0 Å². The third kappa shape index (κ3) is 1.96. The van der Waals surface area contributed by atoms with E-state index in [9.17, 15) is 5.11 Å². The topological polar surface area (TPSA) is 46.2 Å². The quantitative estimate of drug-likeness (QED) is 0.816. The van der Waals surface area contributed by atoms with Crippen LogP contribution in [-0.4, -0.2) is 11.1 Å². The number of nitrogens with two attached hydrogens (primary N) is 1. The maximum atomic E-state index is 9.76. The number of benzene rings is 1. The van der Waals surface area contributed by atoms with Crippen LogP contribution in [0.5, 0.6) is 5.75 Å². The molecule has 0 spiro atoms. The van der Waals surface area contributed by atoms with Gasteiger partial charge in [-0.05, 0) is 97.8 Å². The number of fused-ring (bicyclic) bond motifs is 5. The minimum atomic E-state index is 0.333. The summed E-state index contributed by atoms with van der Waals surface area (Å²) >= 11 is 0. The lowest BCUT2D eigenvalue weighted by Crippen LogP contribution is -2.46. The number of aryl methyl sites for hydroxylation is 1. The molecule has 3 aliphatic rings. The van der Waals surface area contributed by atoms with Crippen molar-refractivity contribution in [3.05, 3.63) is 29.3 Å². The van der Waals surface area contributed by atoms with Gasteiger partial charge in [-0.15, -0.1) is 0 Å². The molecular weight excluding hydrogens is 270 g/mol. The fourth-order valence-electron chi connectivity index (χ4n) is 6.47. The van der Waals surface area contributed by atoms with Crippen molar-refractivity contribution in [2.24, 2.45) is 28.9 Å². The van der Waals surface area contributed by atoms with Gasteiger partial charge >= 0.3 is 0 Å². The number of hydrogen-bond acceptors (Lipinski definition) is 2. The van der Waals surface area contributed by atoms with E-state index in [1.807, 2.05) is 12.1 Å². The third-order valence-corrected chi connectivity index (χ3v) is 7.42. The van der Waals surface area contributed by atoms with Gasteiger partial charge in [0, 0.05) is 6.04 Å². The van der Waals surface area contributed by atoms with Gasteiger partial charge in [0.2, 0.25) is 0 Å². The summed E-state index contributed by atoms with van der Waals surface area (Å²) in [4.78, 5) is 0. The Hall–Kier alpha value is -1.02. The second kappa shape index (κ2) is 4.99. The van der Waals surface area contributed by atoms with Crippen LogP contribution in [0.4, 0.5) is 0 Å². The Labute approximate surface area is 134 Å². The largest absolute Gasteiger partial charge is 0.508 e. The van der Waals surface area contributed by atoms with Crippen LogP contribution in [0.25, 0.3) is 0 Å². The van der Waals surface area contributed by atoms with Gasteiger partial charge in [0.15, 0.2) is 0 Å². The summed E-state index contributed by atoms with van der Waals surface area (Å²) in [6, 6.07) is 6.41. The van der Waals surface area contributed by atoms with Crippen molar-refractivity contribution >= 4 is 0 Å². The predicted molar refractivity (Wildman–Crippen MR) is 89.9 cm³/mol. The molecule has 0 radical (unpaired) electrons. The first-order valence-electron chi connectivity index (χ1n) is 9.08. The van der Waals surface area contributed by atoms with E-state index in [2.05, 4.69) is 19.9 Å². The molecule has 2 nitrogen and oxygen atoms in total. The molecule has 2 fully saturated rings. The van der Waals surface area contributed by atoms with Gasteiger partial charge in [0.05, 0.1) is 0 Å². The highest BCUT2D eigenvalue weighted by Crippen LogP contribution is 2.63. The summed E-state index contributed by atoms with van der Waals surface area (Å²) in [6.45, 7) is 4.74. The molecule has 2 heteroatoms. The molecule has 1 aromatic carbocycles. The number of phenols is 1. The van der Waals surface area contributed by atoms with Crippen molar-refractivity contribution in [1.82, 2.24) is 0 Å². The highest BCUT2D eigenvalue weighted by Gasteiger charge is 2.55. The van der Waals surface area contributed by atoms with Crippen molar-refractivity contribution in [2.45, 2.75) is 64.3 Å². The molecule has 2 saturated carbocycles.